The molecular weight excluding hydrogens is 388 g/mol. The smallest absolute Gasteiger partial charge is 0.278 e. The fourth-order valence-corrected chi connectivity index (χ4v) is 3.62. The maximum Gasteiger partial charge on any atom is 0.278 e. The molecule has 2 N–H and O–H groups in total. The van der Waals surface area contributed by atoms with E-state index in [1.165, 1.54) is 0 Å². The van der Waals surface area contributed by atoms with Gasteiger partial charge in [-0.15, -0.1) is 5.10 Å². The van der Waals surface area contributed by atoms with Crippen LogP contribution in [0.5, 0.6) is 0 Å². The summed E-state index contributed by atoms with van der Waals surface area (Å²) >= 11 is 1.70. The van der Waals surface area contributed by atoms with E-state index in [1.54, 1.807) is 36.0 Å². The summed E-state index contributed by atoms with van der Waals surface area (Å²) < 4.78 is 1.09. The van der Waals surface area contributed by atoms with Crippen LogP contribution in [0.3, 0.4) is 0 Å². The van der Waals surface area contributed by atoms with Crippen LogP contribution >= 0.6 is 11.8 Å². The van der Waals surface area contributed by atoms with Gasteiger partial charge in [0.15, 0.2) is 0 Å². The van der Waals surface area contributed by atoms with Crippen molar-refractivity contribution in [1.29, 1.82) is 0 Å². The number of imidazole rings is 1. The number of aromatic nitrogens is 5. The van der Waals surface area contributed by atoms with Crippen LogP contribution in [0.4, 0.5) is 0 Å². The molecule has 2 heterocycles. The summed E-state index contributed by atoms with van der Waals surface area (Å²) in [6.45, 7) is -0.202. The molecule has 0 aliphatic rings. The van der Waals surface area contributed by atoms with Crippen LogP contribution in [0.2, 0.25) is 0 Å². The van der Waals surface area contributed by atoms with Crippen LogP contribution in [0.25, 0.3) is 21.9 Å². The van der Waals surface area contributed by atoms with Crippen molar-refractivity contribution in [2.24, 2.45) is 0 Å². The Morgan fingerprint density at radius 3 is 2.72 bits per heavy atom. The lowest BCUT2D eigenvalue weighted by atomic mass is 10.2. The summed E-state index contributed by atoms with van der Waals surface area (Å²) in [5.41, 5.74) is 1.94. The molecule has 0 bridgehead atoms. The molecule has 2 aromatic carbocycles. The Kier molecular flexibility index (Phi) is 5.57. The third kappa shape index (κ3) is 4.14. The number of thioether (sulfide) groups is 1. The number of hydrogen-bond donors (Lipinski definition) is 2. The lowest BCUT2D eigenvalue weighted by Crippen LogP contribution is -2.36. The van der Waals surface area contributed by atoms with Gasteiger partial charge in [0.2, 0.25) is 5.91 Å². The van der Waals surface area contributed by atoms with Crippen molar-refractivity contribution in [2.75, 3.05) is 12.0 Å². The first-order chi connectivity index (χ1) is 14.2. The van der Waals surface area contributed by atoms with Gasteiger partial charge in [-0.1, -0.05) is 29.5 Å². The molecule has 0 spiro atoms. The highest BCUT2D eigenvalue weighted by molar-refractivity contribution is 7.98. The summed E-state index contributed by atoms with van der Waals surface area (Å²) in [7, 11) is 0. The Balaban J connectivity index is 1.55. The molecule has 4 aromatic rings. The van der Waals surface area contributed by atoms with Crippen molar-refractivity contribution in [3.05, 3.63) is 64.7 Å². The maximum absolute atomic E-state index is 12.7. The van der Waals surface area contributed by atoms with Crippen molar-refractivity contribution < 1.29 is 4.79 Å². The van der Waals surface area contributed by atoms with Crippen LogP contribution in [0, 0.1) is 0 Å². The summed E-state index contributed by atoms with van der Waals surface area (Å²) in [4.78, 5) is 33.1. The van der Waals surface area contributed by atoms with E-state index in [4.69, 9.17) is 0 Å². The predicted molar refractivity (Wildman–Crippen MR) is 114 cm³/mol. The van der Waals surface area contributed by atoms with Gasteiger partial charge >= 0.3 is 0 Å². The molecule has 29 heavy (non-hydrogen) atoms. The molecule has 0 saturated heterocycles. The van der Waals surface area contributed by atoms with Crippen molar-refractivity contribution in [3.8, 4) is 0 Å². The second-order valence-corrected chi connectivity index (χ2v) is 7.60. The number of hydrogen-bond acceptors (Lipinski definition) is 6. The number of rotatable bonds is 7. The van der Waals surface area contributed by atoms with Crippen LogP contribution < -0.4 is 10.9 Å². The number of H-pyrrole nitrogens is 1. The largest absolute Gasteiger partial charge is 0.345 e. The SMILES string of the molecule is CSCCC(NC(=O)Cn1nnc2ccccc2c1=O)c1nc2ccccc2[nH]1. The van der Waals surface area contributed by atoms with Crippen LogP contribution in [-0.2, 0) is 11.3 Å². The molecule has 1 amide bonds. The highest BCUT2D eigenvalue weighted by atomic mass is 32.2. The summed E-state index contributed by atoms with van der Waals surface area (Å²) in [6.07, 6.45) is 2.73. The topological polar surface area (TPSA) is 106 Å². The van der Waals surface area contributed by atoms with Gasteiger partial charge in [0.1, 0.15) is 17.9 Å². The summed E-state index contributed by atoms with van der Waals surface area (Å²) in [6, 6.07) is 14.4. The summed E-state index contributed by atoms with van der Waals surface area (Å²) in [5, 5.41) is 11.3. The first kappa shape index (κ1) is 19.1. The van der Waals surface area contributed by atoms with Gasteiger partial charge in [0.05, 0.1) is 22.5 Å². The molecule has 9 heteroatoms. The standard InChI is InChI=1S/C20H20N6O2S/c1-29-11-10-17(19-22-15-8-4-5-9-16(15)23-19)21-18(27)12-26-20(28)13-6-2-3-7-14(13)24-25-26/h2-9,17H,10-12H2,1H3,(H,21,27)(H,22,23). The summed E-state index contributed by atoms with van der Waals surface area (Å²) in [5.74, 6) is 1.24. The van der Waals surface area contributed by atoms with Gasteiger partial charge in [-0.3, -0.25) is 9.59 Å². The molecule has 8 nitrogen and oxygen atoms in total. The lowest BCUT2D eigenvalue weighted by molar-refractivity contribution is -0.122. The average Bonchev–Trinajstić information content (AvgIpc) is 3.17. The van der Waals surface area contributed by atoms with Crippen LogP contribution in [0.1, 0.15) is 18.3 Å². The molecule has 1 unspecified atom stereocenters. The Morgan fingerprint density at radius 1 is 1.17 bits per heavy atom. The maximum atomic E-state index is 12.7. The van der Waals surface area contributed by atoms with E-state index in [2.05, 4.69) is 25.6 Å². The number of carbonyl (C=O) groups excluding carboxylic acids is 1. The van der Waals surface area contributed by atoms with Gasteiger partial charge in [-0.25, -0.2) is 9.67 Å². The molecule has 4 rings (SSSR count). The average molecular weight is 408 g/mol. The molecule has 148 valence electrons. The Hall–Kier alpha value is -3.20. The highest BCUT2D eigenvalue weighted by Crippen LogP contribution is 2.20. The fourth-order valence-electron chi connectivity index (χ4n) is 3.15. The molecule has 0 aliphatic heterocycles. The van der Waals surface area contributed by atoms with E-state index < -0.39 is 0 Å². The Morgan fingerprint density at radius 2 is 1.93 bits per heavy atom. The second-order valence-electron chi connectivity index (χ2n) is 6.61. The lowest BCUT2D eigenvalue weighted by Gasteiger charge is -2.16. The van der Waals surface area contributed by atoms with Gasteiger partial charge in [0, 0.05) is 0 Å². The third-order valence-electron chi connectivity index (χ3n) is 4.61. The fraction of sp³-hybridized carbons (Fsp3) is 0.250. The zero-order chi connectivity index (χ0) is 20.2. The van der Waals surface area contributed by atoms with E-state index in [0.717, 1.165) is 21.5 Å². The van der Waals surface area contributed by atoms with E-state index >= 15 is 0 Å². The van der Waals surface area contributed by atoms with E-state index in [1.807, 2.05) is 30.5 Å². The van der Waals surface area contributed by atoms with Gasteiger partial charge < -0.3 is 10.3 Å². The number of carbonyl (C=O) groups is 1. The minimum atomic E-state index is -0.338. The van der Waals surface area contributed by atoms with Gasteiger partial charge in [0.25, 0.3) is 5.56 Å². The number of para-hydroxylation sites is 2. The number of nitrogens with zero attached hydrogens (tertiary/aromatic N) is 4. The van der Waals surface area contributed by atoms with Gasteiger partial charge in [-0.2, -0.15) is 11.8 Å². The number of benzene rings is 2. The van der Waals surface area contributed by atoms with Crippen molar-refractivity contribution >= 4 is 39.6 Å². The normalized spacial score (nSPS) is 12.3. The first-order valence-electron chi connectivity index (χ1n) is 9.21. The molecule has 0 radical (unpaired) electrons. The third-order valence-corrected chi connectivity index (χ3v) is 5.25. The van der Waals surface area contributed by atoms with Crippen LogP contribution in [0.15, 0.2) is 53.3 Å². The Labute approximate surface area is 170 Å². The number of fused-ring (bicyclic) bond motifs is 2. The van der Waals surface area contributed by atoms with E-state index in [0.29, 0.717) is 23.1 Å². The highest BCUT2D eigenvalue weighted by Gasteiger charge is 2.19. The van der Waals surface area contributed by atoms with Crippen molar-refractivity contribution in [2.45, 2.75) is 19.0 Å². The molecule has 0 fully saturated rings. The zero-order valence-corrected chi connectivity index (χ0v) is 16.6. The van der Waals surface area contributed by atoms with Crippen molar-refractivity contribution in [1.82, 2.24) is 30.3 Å². The molecular formula is C20H20N6O2S. The number of amides is 1. The molecule has 1 atom stereocenters. The molecule has 0 aliphatic carbocycles. The number of aromatic amines is 1. The van der Waals surface area contributed by atoms with E-state index in [-0.39, 0.29) is 24.1 Å². The van der Waals surface area contributed by atoms with Gasteiger partial charge in [-0.05, 0) is 42.7 Å². The second kappa shape index (κ2) is 8.44. The Bertz CT molecular complexity index is 1190. The molecule has 0 saturated carbocycles. The van der Waals surface area contributed by atoms with E-state index in [9.17, 15) is 9.59 Å². The van der Waals surface area contributed by atoms with Crippen LogP contribution in [-0.4, -0.2) is 42.9 Å². The minimum Gasteiger partial charge on any atom is -0.345 e. The quantitative estimate of drug-likeness (QED) is 0.486. The number of nitrogens with one attached hydrogen (secondary N) is 2. The minimum absolute atomic E-state index is 0.202. The zero-order valence-electron chi connectivity index (χ0n) is 15.8. The monoisotopic (exact) mass is 408 g/mol. The van der Waals surface area contributed by atoms with Crippen molar-refractivity contribution in [3.63, 3.8) is 0 Å². The predicted octanol–water partition coefficient (Wildman–Crippen LogP) is 2.28. The molecule has 2 aromatic heterocycles. The first-order valence-corrected chi connectivity index (χ1v) is 10.6.